The minimum atomic E-state index is -0.00137. The molecule has 0 spiro atoms. The maximum Gasteiger partial charge on any atom is 0.219 e. The maximum atomic E-state index is 9.14. The van der Waals surface area contributed by atoms with Crippen LogP contribution in [0.15, 0.2) is 36.4 Å². The Hall–Kier alpha value is -1.87. The lowest BCUT2D eigenvalue weighted by Gasteiger charge is -2.19. The zero-order chi connectivity index (χ0) is 14.8. The first-order valence-electron chi connectivity index (χ1n) is 6.76. The third-order valence-electron chi connectivity index (χ3n) is 3.26. The molecule has 2 rings (SSSR count). The standard InChI is InChI=1S/C17H21NO2/c1-12-13(11-19)8-9-16(18-12)20-15-7-5-6-14(10-15)17(2,3)4/h5-10,19H,11H2,1-4H3. The number of aryl methyl sites for hydroxylation is 1. The van der Waals surface area contributed by atoms with E-state index in [9.17, 15) is 0 Å². The molecule has 3 nitrogen and oxygen atoms in total. The number of hydrogen-bond donors (Lipinski definition) is 1. The van der Waals surface area contributed by atoms with Crippen molar-refractivity contribution in [1.29, 1.82) is 0 Å². The maximum absolute atomic E-state index is 9.14. The summed E-state index contributed by atoms with van der Waals surface area (Å²) < 4.78 is 5.80. The van der Waals surface area contributed by atoms with Crippen molar-refractivity contribution in [1.82, 2.24) is 4.98 Å². The fraction of sp³-hybridized carbons (Fsp3) is 0.353. The Labute approximate surface area is 120 Å². The smallest absolute Gasteiger partial charge is 0.219 e. The van der Waals surface area contributed by atoms with Gasteiger partial charge in [0.15, 0.2) is 0 Å². The predicted molar refractivity (Wildman–Crippen MR) is 80.1 cm³/mol. The van der Waals surface area contributed by atoms with Gasteiger partial charge in [-0.3, -0.25) is 0 Å². The Morgan fingerprint density at radius 1 is 1.15 bits per heavy atom. The average molecular weight is 271 g/mol. The van der Waals surface area contributed by atoms with Crippen LogP contribution in [0.25, 0.3) is 0 Å². The van der Waals surface area contributed by atoms with Crippen molar-refractivity contribution in [2.75, 3.05) is 0 Å². The Bertz CT molecular complexity index is 600. The predicted octanol–water partition coefficient (Wildman–Crippen LogP) is 3.97. The molecule has 1 heterocycles. The van der Waals surface area contributed by atoms with Crippen LogP contribution in [0.2, 0.25) is 0 Å². The van der Waals surface area contributed by atoms with E-state index in [2.05, 4.69) is 31.8 Å². The molecule has 0 fully saturated rings. The lowest BCUT2D eigenvalue weighted by molar-refractivity contribution is 0.280. The van der Waals surface area contributed by atoms with Crippen molar-refractivity contribution >= 4 is 0 Å². The molecule has 0 bridgehead atoms. The van der Waals surface area contributed by atoms with E-state index in [4.69, 9.17) is 9.84 Å². The fourth-order valence-electron chi connectivity index (χ4n) is 1.94. The average Bonchev–Trinajstić information content (AvgIpc) is 2.38. The number of hydrogen-bond acceptors (Lipinski definition) is 3. The van der Waals surface area contributed by atoms with E-state index in [1.165, 1.54) is 5.56 Å². The van der Waals surface area contributed by atoms with Gasteiger partial charge in [0.05, 0.1) is 6.61 Å². The highest BCUT2D eigenvalue weighted by Crippen LogP contribution is 2.28. The van der Waals surface area contributed by atoms with E-state index in [0.717, 1.165) is 17.0 Å². The topological polar surface area (TPSA) is 42.4 Å². The molecule has 0 saturated carbocycles. The van der Waals surface area contributed by atoms with E-state index in [-0.39, 0.29) is 12.0 Å². The van der Waals surface area contributed by atoms with E-state index >= 15 is 0 Å². The molecule has 1 N–H and O–H groups in total. The van der Waals surface area contributed by atoms with Crippen LogP contribution in [0.5, 0.6) is 11.6 Å². The van der Waals surface area contributed by atoms with Crippen LogP contribution in [0.4, 0.5) is 0 Å². The van der Waals surface area contributed by atoms with Crippen molar-refractivity contribution in [3.63, 3.8) is 0 Å². The van der Waals surface area contributed by atoms with Gasteiger partial charge in [-0.25, -0.2) is 4.98 Å². The summed E-state index contributed by atoms with van der Waals surface area (Å²) >= 11 is 0. The second-order valence-electron chi connectivity index (χ2n) is 5.93. The molecule has 0 aliphatic rings. The molecule has 0 saturated heterocycles. The zero-order valence-corrected chi connectivity index (χ0v) is 12.5. The van der Waals surface area contributed by atoms with Gasteiger partial charge < -0.3 is 9.84 Å². The van der Waals surface area contributed by atoms with Crippen LogP contribution in [-0.2, 0) is 12.0 Å². The van der Waals surface area contributed by atoms with Gasteiger partial charge in [-0.1, -0.05) is 32.9 Å². The quantitative estimate of drug-likeness (QED) is 0.918. The molecule has 1 aromatic carbocycles. The Kier molecular flexibility index (Phi) is 4.09. The van der Waals surface area contributed by atoms with Crippen molar-refractivity contribution < 1.29 is 9.84 Å². The van der Waals surface area contributed by atoms with Gasteiger partial charge in [-0.05, 0) is 41.7 Å². The minimum Gasteiger partial charge on any atom is -0.439 e. The summed E-state index contributed by atoms with van der Waals surface area (Å²) in [7, 11) is 0. The Morgan fingerprint density at radius 2 is 1.90 bits per heavy atom. The SMILES string of the molecule is Cc1nc(Oc2cccc(C(C)(C)C)c2)ccc1CO. The molecule has 2 aromatic rings. The number of nitrogens with zero attached hydrogens (tertiary/aromatic N) is 1. The van der Waals surface area contributed by atoms with Crippen molar-refractivity contribution in [3.05, 3.63) is 53.2 Å². The van der Waals surface area contributed by atoms with Crippen molar-refractivity contribution in [2.45, 2.75) is 39.7 Å². The minimum absolute atomic E-state index is 0.00137. The lowest BCUT2D eigenvalue weighted by Crippen LogP contribution is -2.10. The summed E-state index contributed by atoms with van der Waals surface area (Å²) in [5, 5.41) is 9.14. The van der Waals surface area contributed by atoms with Gasteiger partial charge in [0.2, 0.25) is 5.88 Å². The number of aliphatic hydroxyl groups excluding tert-OH is 1. The van der Waals surface area contributed by atoms with Gasteiger partial charge in [-0.2, -0.15) is 0 Å². The summed E-state index contributed by atoms with van der Waals surface area (Å²) in [5.41, 5.74) is 2.92. The van der Waals surface area contributed by atoms with Crippen molar-refractivity contribution in [2.24, 2.45) is 0 Å². The number of aromatic nitrogens is 1. The highest BCUT2D eigenvalue weighted by atomic mass is 16.5. The van der Waals surface area contributed by atoms with Crippen LogP contribution in [0.1, 0.15) is 37.6 Å². The summed E-state index contributed by atoms with van der Waals surface area (Å²) in [6.45, 7) is 8.38. The van der Waals surface area contributed by atoms with E-state index in [0.29, 0.717) is 5.88 Å². The molecule has 0 radical (unpaired) electrons. The molecule has 3 heteroatoms. The van der Waals surface area contributed by atoms with Crippen molar-refractivity contribution in [3.8, 4) is 11.6 Å². The molecule has 0 unspecified atom stereocenters. The molecule has 0 amide bonds. The molecular formula is C17H21NO2. The molecule has 0 aliphatic heterocycles. The number of pyridine rings is 1. The summed E-state index contributed by atoms with van der Waals surface area (Å²) in [6.07, 6.45) is 0. The van der Waals surface area contributed by atoms with E-state index in [1.54, 1.807) is 6.07 Å². The molecular weight excluding hydrogens is 250 g/mol. The van der Waals surface area contributed by atoms with Crippen LogP contribution >= 0.6 is 0 Å². The largest absolute Gasteiger partial charge is 0.439 e. The zero-order valence-electron chi connectivity index (χ0n) is 12.5. The monoisotopic (exact) mass is 271 g/mol. The highest BCUT2D eigenvalue weighted by Gasteiger charge is 2.14. The van der Waals surface area contributed by atoms with Gasteiger partial charge in [0, 0.05) is 11.8 Å². The van der Waals surface area contributed by atoms with Gasteiger partial charge in [0.1, 0.15) is 5.75 Å². The number of benzene rings is 1. The molecule has 20 heavy (non-hydrogen) atoms. The van der Waals surface area contributed by atoms with Crippen LogP contribution < -0.4 is 4.74 Å². The first kappa shape index (κ1) is 14.5. The Morgan fingerprint density at radius 3 is 2.50 bits per heavy atom. The summed E-state index contributed by atoms with van der Waals surface area (Å²) in [5.74, 6) is 1.33. The molecule has 106 valence electrons. The molecule has 0 aliphatic carbocycles. The molecule has 0 atom stereocenters. The third kappa shape index (κ3) is 3.36. The van der Waals surface area contributed by atoms with Crippen LogP contribution in [-0.4, -0.2) is 10.1 Å². The van der Waals surface area contributed by atoms with Gasteiger partial charge >= 0.3 is 0 Å². The van der Waals surface area contributed by atoms with Gasteiger partial charge in [-0.15, -0.1) is 0 Å². The molecule has 1 aromatic heterocycles. The third-order valence-corrected chi connectivity index (χ3v) is 3.26. The summed E-state index contributed by atoms with van der Waals surface area (Å²) in [4.78, 5) is 4.35. The second kappa shape index (κ2) is 5.63. The number of rotatable bonds is 3. The van der Waals surface area contributed by atoms with Crippen LogP contribution in [0, 0.1) is 6.92 Å². The first-order chi connectivity index (χ1) is 9.40. The van der Waals surface area contributed by atoms with Crippen LogP contribution in [0.3, 0.4) is 0 Å². The second-order valence-corrected chi connectivity index (χ2v) is 5.93. The van der Waals surface area contributed by atoms with E-state index in [1.807, 2.05) is 31.2 Å². The Balaban J connectivity index is 2.24. The first-order valence-corrected chi connectivity index (χ1v) is 6.76. The fourth-order valence-corrected chi connectivity index (χ4v) is 1.94. The summed E-state index contributed by atoms with van der Waals surface area (Å²) in [6, 6.07) is 11.7. The normalized spacial score (nSPS) is 11.4. The number of ether oxygens (including phenoxy) is 1. The highest BCUT2D eigenvalue weighted by molar-refractivity contribution is 5.35. The lowest BCUT2D eigenvalue weighted by atomic mass is 9.87. The van der Waals surface area contributed by atoms with Gasteiger partial charge in [0.25, 0.3) is 0 Å². The van der Waals surface area contributed by atoms with E-state index < -0.39 is 0 Å². The number of aliphatic hydroxyl groups is 1.